The van der Waals surface area contributed by atoms with E-state index in [0.29, 0.717) is 6.07 Å². The van der Waals surface area contributed by atoms with Crippen LogP contribution in [0.15, 0.2) is 71.6 Å². The van der Waals surface area contributed by atoms with Crippen LogP contribution in [0.5, 0.6) is 0 Å². The molecular weight excluding hydrogens is 476 g/mol. The van der Waals surface area contributed by atoms with Crippen LogP contribution < -0.4 is 10.0 Å². The molecule has 0 heterocycles. The van der Waals surface area contributed by atoms with E-state index in [1.54, 1.807) is 18.2 Å². The van der Waals surface area contributed by atoms with Crippen molar-refractivity contribution in [3.05, 3.63) is 87.9 Å². The highest BCUT2D eigenvalue weighted by molar-refractivity contribution is 7.92. The van der Waals surface area contributed by atoms with Gasteiger partial charge in [-0.15, -0.1) is 0 Å². The number of rotatable bonds is 5. The van der Waals surface area contributed by atoms with Gasteiger partial charge >= 0.3 is 6.18 Å². The summed E-state index contributed by atoms with van der Waals surface area (Å²) in [6.45, 7) is 0. The lowest BCUT2D eigenvalue weighted by molar-refractivity contribution is -0.137. The summed E-state index contributed by atoms with van der Waals surface area (Å²) in [5.41, 5.74) is -1.18. The minimum absolute atomic E-state index is 0.0381. The number of benzene rings is 3. The number of carbonyl (C=O) groups is 1. The van der Waals surface area contributed by atoms with Gasteiger partial charge in [0.15, 0.2) is 0 Å². The summed E-state index contributed by atoms with van der Waals surface area (Å²) < 4.78 is 66.0. The van der Waals surface area contributed by atoms with E-state index < -0.39 is 32.7 Å². The first-order valence-corrected chi connectivity index (χ1v) is 10.8. The van der Waals surface area contributed by atoms with Crippen LogP contribution in [0.3, 0.4) is 0 Å². The Kier molecular flexibility index (Phi) is 6.49. The molecule has 0 atom stereocenters. The van der Waals surface area contributed by atoms with Gasteiger partial charge in [-0.3, -0.25) is 9.52 Å². The van der Waals surface area contributed by atoms with Crippen molar-refractivity contribution >= 4 is 50.5 Å². The Morgan fingerprint density at radius 3 is 2.10 bits per heavy atom. The molecule has 0 unspecified atom stereocenters. The molecule has 5 nitrogen and oxygen atoms in total. The zero-order valence-electron chi connectivity index (χ0n) is 15.4. The fourth-order valence-corrected chi connectivity index (χ4v) is 4.16. The van der Waals surface area contributed by atoms with Gasteiger partial charge in [0.2, 0.25) is 0 Å². The van der Waals surface area contributed by atoms with E-state index >= 15 is 0 Å². The van der Waals surface area contributed by atoms with Crippen molar-refractivity contribution < 1.29 is 26.4 Å². The molecule has 1 amide bonds. The maximum Gasteiger partial charge on any atom is 0.417 e. The van der Waals surface area contributed by atoms with Crippen LogP contribution in [-0.4, -0.2) is 14.3 Å². The van der Waals surface area contributed by atoms with Crippen molar-refractivity contribution in [2.24, 2.45) is 0 Å². The Labute approximate surface area is 185 Å². The number of nitrogens with one attached hydrogen (secondary N) is 2. The second-order valence-electron chi connectivity index (χ2n) is 6.26. The van der Waals surface area contributed by atoms with Crippen molar-refractivity contribution in [3.63, 3.8) is 0 Å². The number of amides is 1. The fraction of sp³-hybridized carbons (Fsp3) is 0.0500. The van der Waals surface area contributed by atoms with Gasteiger partial charge < -0.3 is 5.32 Å². The predicted molar refractivity (Wildman–Crippen MR) is 113 cm³/mol. The van der Waals surface area contributed by atoms with E-state index in [4.69, 9.17) is 23.2 Å². The first-order chi connectivity index (χ1) is 14.5. The molecule has 31 heavy (non-hydrogen) atoms. The Hall–Kier alpha value is -2.75. The lowest BCUT2D eigenvalue weighted by Crippen LogP contribution is -2.15. The van der Waals surface area contributed by atoms with Crippen molar-refractivity contribution in [2.45, 2.75) is 11.1 Å². The second-order valence-corrected chi connectivity index (χ2v) is 8.76. The minimum atomic E-state index is -4.69. The highest BCUT2D eigenvalue weighted by Crippen LogP contribution is 2.36. The topological polar surface area (TPSA) is 75.3 Å². The molecule has 0 saturated heterocycles. The molecule has 2 N–H and O–H groups in total. The lowest BCUT2D eigenvalue weighted by Gasteiger charge is -2.13. The van der Waals surface area contributed by atoms with E-state index in [1.807, 2.05) is 0 Å². The Morgan fingerprint density at radius 1 is 0.839 bits per heavy atom. The van der Waals surface area contributed by atoms with Crippen molar-refractivity contribution in [1.29, 1.82) is 0 Å². The molecule has 0 aliphatic carbocycles. The molecule has 0 saturated carbocycles. The third-order valence-electron chi connectivity index (χ3n) is 4.05. The SMILES string of the molecule is O=C(Nc1ccc(Cl)c(C(F)(F)F)c1)c1ccc(NS(=O)(=O)c2ccccc2)cc1Cl. The van der Waals surface area contributed by atoms with Gasteiger partial charge in [-0.25, -0.2) is 8.42 Å². The summed E-state index contributed by atoms with van der Waals surface area (Å²) in [6, 6.07) is 14.3. The first kappa shape index (κ1) is 22.9. The van der Waals surface area contributed by atoms with E-state index in [2.05, 4.69) is 10.0 Å². The first-order valence-electron chi connectivity index (χ1n) is 8.53. The third kappa shape index (κ3) is 5.49. The minimum Gasteiger partial charge on any atom is -0.322 e. The van der Waals surface area contributed by atoms with Gasteiger partial charge in [-0.2, -0.15) is 13.2 Å². The molecule has 0 aliphatic heterocycles. The summed E-state index contributed by atoms with van der Waals surface area (Å²) in [6.07, 6.45) is -4.69. The quantitative estimate of drug-likeness (QED) is 0.457. The van der Waals surface area contributed by atoms with Crippen molar-refractivity contribution in [1.82, 2.24) is 0 Å². The monoisotopic (exact) mass is 488 g/mol. The largest absolute Gasteiger partial charge is 0.417 e. The average molecular weight is 489 g/mol. The highest BCUT2D eigenvalue weighted by atomic mass is 35.5. The molecule has 0 fully saturated rings. The standard InChI is InChI=1S/C20H13Cl2F3N2O3S/c21-17-9-7-12(10-16(17)20(23,24)25)26-19(28)15-8-6-13(11-18(15)22)27-31(29,30)14-4-2-1-3-5-14/h1-11,27H,(H,26,28). The van der Waals surface area contributed by atoms with Gasteiger partial charge in [0, 0.05) is 5.69 Å². The van der Waals surface area contributed by atoms with E-state index in [9.17, 15) is 26.4 Å². The molecule has 0 aliphatic rings. The number of alkyl halides is 3. The molecule has 0 spiro atoms. The number of carbonyl (C=O) groups excluding carboxylic acids is 1. The third-order valence-corrected chi connectivity index (χ3v) is 6.09. The smallest absolute Gasteiger partial charge is 0.322 e. The Morgan fingerprint density at radius 2 is 1.48 bits per heavy atom. The van der Waals surface area contributed by atoms with Gasteiger partial charge in [-0.1, -0.05) is 41.4 Å². The van der Waals surface area contributed by atoms with Gasteiger partial charge in [0.25, 0.3) is 15.9 Å². The van der Waals surface area contributed by atoms with E-state index in [0.717, 1.165) is 6.07 Å². The van der Waals surface area contributed by atoms with Crippen molar-refractivity contribution in [2.75, 3.05) is 10.0 Å². The Bertz CT molecular complexity index is 1230. The number of anilines is 2. The van der Waals surface area contributed by atoms with Crippen LogP contribution in [0.25, 0.3) is 0 Å². The van der Waals surface area contributed by atoms with Gasteiger partial charge in [0.1, 0.15) is 0 Å². The molecule has 11 heteroatoms. The molecule has 3 rings (SSSR count). The fourth-order valence-electron chi connectivity index (χ4n) is 2.60. The van der Waals surface area contributed by atoms with Crippen LogP contribution in [0, 0.1) is 0 Å². The van der Waals surface area contributed by atoms with E-state index in [-0.39, 0.29) is 26.9 Å². The second kappa shape index (κ2) is 8.78. The van der Waals surface area contributed by atoms with Crippen LogP contribution in [0.1, 0.15) is 15.9 Å². The predicted octanol–water partition coefficient (Wildman–Crippen LogP) is 6.07. The zero-order valence-corrected chi connectivity index (χ0v) is 17.7. The molecular formula is C20H13Cl2F3N2O3S. The van der Waals surface area contributed by atoms with Gasteiger partial charge in [0.05, 0.1) is 31.8 Å². The summed E-state index contributed by atoms with van der Waals surface area (Å²) in [5.74, 6) is -0.780. The molecule has 3 aromatic carbocycles. The molecule has 0 bridgehead atoms. The maximum absolute atomic E-state index is 13.0. The molecule has 162 valence electrons. The number of halogens is 5. The Balaban J connectivity index is 1.80. The summed E-state index contributed by atoms with van der Waals surface area (Å²) in [4.78, 5) is 12.5. The molecule has 0 radical (unpaired) electrons. The van der Waals surface area contributed by atoms with Crippen LogP contribution in [0.2, 0.25) is 10.0 Å². The molecule has 3 aromatic rings. The average Bonchev–Trinajstić information content (AvgIpc) is 2.69. The normalized spacial score (nSPS) is 11.8. The van der Waals surface area contributed by atoms with Gasteiger partial charge in [-0.05, 0) is 48.5 Å². The number of sulfonamides is 1. The lowest BCUT2D eigenvalue weighted by atomic mass is 10.1. The van der Waals surface area contributed by atoms with Crippen molar-refractivity contribution in [3.8, 4) is 0 Å². The number of hydrogen-bond donors (Lipinski definition) is 2. The zero-order chi connectivity index (χ0) is 22.8. The summed E-state index contributed by atoms with van der Waals surface area (Å²) in [5, 5.41) is 1.71. The maximum atomic E-state index is 13.0. The molecule has 0 aromatic heterocycles. The van der Waals surface area contributed by atoms with Crippen LogP contribution >= 0.6 is 23.2 Å². The number of hydrogen-bond acceptors (Lipinski definition) is 3. The van der Waals surface area contributed by atoms with E-state index in [1.165, 1.54) is 36.4 Å². The van der Waals surface area contributed by atoms with Crippen LogP contribution in [0.4, 0.5) is 24.5 Å². The summed E-state index contributed by atoms with van der Waals surface area (Å²) in [7, 11) is -3.86. The highest BCUT2D eigenvalue weighted by Gasteiger charge is 2.33. The summed E-state index contributed by atoms with van der Waals surface area (Å²) >= 11 is 11.7. The van der Waals surface area contributed by atoms with Crippen LogP contribution in [-0.2, 0) is 16.2 Å².